The Morgan fingerprint density at radius 2 is 1.47 bits per heavy atom. The van der Waals surface area contributed by atoms with Gasteiger partial charge >= 0.3 is 0 Å². The minimum atomic E-state index is -3.69. The molecule has 36 heavy (non-hydrogen) atoms. The molecule has 0 aromatic heterocycles. The van der Waals surface area contributed by atoms with E-state index in [1.54, 1.807) is 0 Å². The third kappa shape index (κ3) is 5.85. The van der Waals surface area contributed by atoms with Gasteiger partial charge in [0.2, 0.25) is 0 Å². The first-order valence-electron chi connectivity index (χ1n) is 11.5. The average Bonchev–Trinajstić information content (AvgIpc) is 3.33. The van der Waals surface area contributed by atoms with Gasteiger partial charge in [0, 0.05) is 35.2 Å². The highest BCUT2D eigenvalue weighted by Crippen LogP contribution is 2.36. The monoisotopic (exact) mass is 531 g/mol. The summed E-state index contributed by atoms with van der Waals surface area (Å²) in [6.45, 7) is 2.03. The highest BCUT2D eigenvalue weighted by Gasteiger charge is 2.31. The van der Waals surface area contributed by atoms with Gasteiger partial charge in [-0.1, -0.05) is 48.0 Å². The van der Waals surface area contributed by atoms with Crippen molar-refractivity contribution in [3.63, 3.8) is 0 Å². The third-order valence-corrected chi connectivity index (χ3v) is 7.83. The zero-order valence-electron chi connectivity index (χ0n) is 19.2. The number of hydrogen-bond donors (Lipinski definition) is 0. The standard InChI is InChI=1S/C27H24ClF2NO4S/c28-23-7-5-21(6-8-23)26(20-1-3-22(4-2-20)27-34-9-10-35-27)31-14-19(15-31)17-36(32,33)16-18-11-24(29)13-25(30)12-18/h1-8,11-13,17,26-27H,9-10,14-16H2. The van der Waals surface area contributed by atoms with Crippen LogP contribution in [0.15, 0.2) is 77.7 Å². The van der Waals surface area contributed by atoms with Crippen molar-refractivity contribution in [3.05, 3.63) is 117 Å². The molecular weight excluding hydrogens is 508 g/mol. The second-order valence-electron chi connectivity index (χ2n) is 8.96. The summed E-state index contributed by atoms with van der Waals surface area (Å²) in [6, 6.07) is 18.3. The number of nitrogens with zero attached hydrogens (tertiary/aromatic N) is 1. The van der Waals surface area contributed by atoms with E-state index in [0.29, 0.717) is 31.3 Å². The van der Waals surface area contributed by atoms with Crippen LogP contribution in [0.4, 0.5) is 8.78 Å². The fraction of sp³-hybridized carbons (Fsp3) is 0.259. The summed E-state index contributed by atoms with van der Waals surface area (Å²) in [6.07, 6.45) is -0.358. The lowest BCUT2D eigenvalue weighted by Gasteiger charge is -2.41. The summed E-state index contributed by atoms with van der Waals surface area (Å²) < 4.78 is 63.4. The van der Waals surface area contributed by atoms with Crippen molar-refractivity contribution in [2.45, 2.75) is 18.1 Å². The highest BCUT2D eigenvalue weighted by atomic mass is 35.5. The Bertz CT molecular complexity index is 1340. The van der Waals surface area contributed by atoms with Crippen molar-refractivity contribution in [3.8, 4) is 0 Å². The predicted molar refractivity (Wildman–Crippen MR) is 133 cm³/mol. The Kier molecular flexibility index (Phi) is 7.23. The zero-order chi connectivity index (χ0) is 25.3. The van der Waals surface area contributed by atoms with Crippen molar-refractivity contribution in [2.75, 3.05) is 26.3 Å². The molecule has 5 rings (SSSR count). The summed E-state index contributed by atoms with van der Waals surface area (Å²) in [5.41, 5.74) is 3.81. The molecular formula is C27H24ClF2NO4S. The van der Waals surface area contributed by atoms with E-state index in [-0.39, 0.29) is 17.9 Å². The molecule has 2 saturated heterocycles. The number of halogens is 3. The predicted octanol–water partition coefficient (Wildman–Crippen LogP) is 5.57. The summed E-state index contributed by atoms with van der Waals surface area (Å²) in [7, 11) is -3.69. The maximum Gasteiger partial charge on any atom is 0.184 e. The Balaban J connectivity index is 1.34. The summed E-state index contributed by atoms with van der Waals surface area (Å²) in [5.74, 6) is -2.06. The van der Waals surface area contributed by atoms with E-state index in [9.17, 15) is 17.2 Å². The molecule has 0 radical (unpaired) electrons. The SMILES string of the molecule is O=S(=O)(C=C1CN(C(c2ccc(Cl)cc2)c2ccc(C3OCCO3)cc2)C1)Cc1cc(F)cc(F)c1. The van der Waals surface area contributed by atoms with Crippen molar-refractivity contribution in [1.29, 1.82) is 0 Å². The largest absolute Gasteiger partial charge is 0.346 e. The normalized spacial score (nSPS) is 17.7. The van der Waals surface area contributed by atoms with Crippen LogP contribution in [-0.4, -0.2) is 39.6 Å². The fourth-order valence-corrected chi connectivity index (χ4v) is 6.10. The molecule has 2 aliphatic heterocycles. The fourth-order valence-electron chi connectivity index (χ4n) is 4.60. The van der Waals surface area contributed by atoms with Gasteiger partial charge < -0.3 is 9.47 Å². The van der Waals surface area contributed by atoms with Gasteiger partial charge in [0.25, 0.3) is 0 Å². The molecule has 9 heteroatoms. The Labute approximate surface area is 213 Å². The molecule has 1 atom stereocenters. The smallest absolute Gasteiger partial charge is 0.184 e. The van der Waals surface area contributed by atoms with Crippen LogP contribution in [-0.2, 0) is 25.1 Å². The number of rotatable bonds is 7. The van der Waals surface area contributed by atoms with Gasteiger partial charge in [0.1, 0.15) is 11.6 Å². The number of sulfone groups is 1. The Morgan fingerprint density at radius 1 is 0.917 bits per heavy atom. The Hall–Kier alpha value is -2.62. The quantitative estimate of drug-likeness (QED) is 0.399. The molecule has 0 spiro atoms. The first-order chi connectivity index (χ1) is 17.3. The van der Waals surface area contributed by atoms with Crippen LogP contribution < -0.4 is 0 Å². The number of hydrogen-bond acceptors (Lipinski definition) is 5. The molecule has 0 bridgehead atoms. The van der Waals surface area contributed by atoms with E-state index in [0.717, 1.165) is 40.5 Å². The first-order valence-corrected chi connectivity index (χ1v) is 13.5. The van der Waals surface area contributed by atoms with Crippen molar-refractivity contribution < 1.29 is 26.7 Å². The average molecular weight is 532 g/mol. The van der Waals surface area contributed by atoms with E-state index in [4.69, 9.17) is 21.1 Å². The van der Waals surface area contributed by atoms with E-state index >= 15 is 0 Å². The second kappa shape index (κ2) is 10.4. The van der Waals surface area contributed by atoms with Gasteiger partial charge in [-0.15, -0.1) is 0 Å². The van der Waals surface area contributed by atoms with Gasteiger partial charge in [-0.25, -0.2) is 17.2 Å². The van der Waals surface area contributed by atoms with Gasteiger partial charge in [0.05, 0.1) is 25.0 Å². The van der Waals surface area contributed by atoms with E-state index in [1.165, 1.54) is 5.41 Å². The van der Waals surface area contributed by atoms with Gasteiger partial charge in [-0.2, -0.15) is 0 Å². The van der Waals surface area contributed by atoms with Crippen LogP contribution in [0.25, 0.3) is 0 Å². The Morgan fingerprint density at radius 3 is 2.06 bits per heavy atom. The van der Waals surface area contributed by atoms with Crippen LogP contribution >= 0.6 is 11.6 Å². The van der Waals surface area contributed by atoms with Crippen LogP contribution in [0.1, 0.15) is 34.6 Å². The molecule has 2 fully saturated rings. The topological polar surface area (TPSA) is 55.8 Å². The molecule has 3 aromatic carbocycles. The number of benzene rings is 3. The molecule has 1 unspecified atom stereocenters. The summed E-state index contributed by atoms with van der Waals surface area (Å²) >= 11 is 6.10. The van der Waals surface area contributed by atoms with Gasteiger partial charge in [-0.05, 0) is 46.5 Å². The maximum absolute atomic E-state index is 13.5. The van der Waals surface area contributed by atoms with E-state index in [1.807, 2.05) is 48.5 Å². The molecule has 0 amide bonds. The minimum Gasteiger partial charge on any atom is -0.346 e. The molecule has 5 nitrogen and oxygen atoms in total. The third-order valence-electron chi connectivity index (χ3n) is 6.15. The van der Waals surface area contributed by atoms with Gasteiger partial charge in [0.15, 0.2) is 16.1 Å². The zero-order valence-corrected chi connectivity index (χ0v) is 20.8. The molecule has 3 aromatic rings. The number of ether oxygens (including phenoxy) is 2. The molecule has 0 saturated carbocycles. The second-order valence-corrected chi connectivity index (χ2v) is 11.2. The van der Waals surface area contributed by atoms with Crippen molar-refractivity contribution in [2.24, 2.45) is 0 Å². The number of likely N-dealkylation sites (tertiary alicyclic amines) is 1. The van der Waals surface area contributed by atoms with Crippen LogP contribution in [0.2, 0.25) is 5.02 Å². The first kappa shape index (κ1) is 25.0. The van der Waals surface area contributed by atoms with Crippen LogP contribution in [0, 0.1) is 11.6 Å². The molecule has 0 aliphatic carbocycles. The van der Waals surface area contributed by atoms with Gasteiger partial charge in [-0.3, -0.25) is 4.90 Å². The van der Waals surface area contributed by atoms with E-state index in [2.05, 4.69) is 4.90 Å². The lowest BCUT2D eigenvalue weighted by atomic mass is 9.92. The molecule has 2 aliphatic rings. The minimum absolute atomic E-state index is 0.0786. The van der Waals surface area contributed by atoms with Crippen molar-refractivity contribution >= 4 is 21.4 Å². The van der Waals surface area contributed by atoms with Crippen LogP contribution in [0.3, 0.4) is 0 Å². The van der Waals surface area contributed by atoms with Crippen molar-refractivity contribution in [1.82, 2.24) is 4.90 Å². The summed E-state index contributed by atoms with van der Waals surface area (Å²) in [4.78, 5) is 2.16. The van der Waals surface area contributed by atoms with E-state index < -0.39 is 27.2 Å². The maximum atomic E-state index is 13.5. The molecule has 0 N–H and O–H groups in total. The molecule has 188 valence electrons. The lowest BCUT2D eigenvalue weighted by molar-refractivity contribution is -0.0441. The highest BCUT2D eigenvalue weighted by molar-refractivity contribution is 7.93. The summed E-state index contributed by atoms with van der Waals surface area (Å²) in [5, 5.41) is 1.86. The lowest BCUT2D eigenvalue weighted by Crippen LogP contribution is -2.43. The molecule has 2 heterocycles. The van der Waals surface area contributed by atoms with Crippen LogP contribution in [0.5, 0.6) is 0 Å².